The lowest BCUT2D eigenvalue weighted by Gasteiger charge is -2.01. The number of aromatic nitrogens is 2. The highest BCUT2D eigenvalue weighted by Crippen LogP contribution is 2.28. The first-order valence-corrected chi connectivity index (χ1v) is 6.23. The molecule has 0 fully saturated rings. The first kappa shape index (κ1) is 10.3. The third-order valence-corrected chi connectivity index (χ3v) is 3.48. The van der Waals surface area contributed by atoms with Crippen LogP contribution in [0.25, 0.3) is 22.4 Å². The largest absolute Gasteiger partial charge is 0.322 e. The number of hydrogen-bond acceptors (Lipinski definition) is 1. The van der Waals surface area contributed by atoms with E-state index in [1.165, 1.54) is 0 Å². The van der Waals surface area contributed by atoms with Crippen molar-refractivity contribution in [1.29, 1.82) is 0 Å². The zero-order valence-electron chi connectivity index (χ0n) is 10.2. The molecule has 19 heavy (non-hydrogen) atoms. The molecular formula is C15H12N3O+. The number of nitrogens with zero attached hydrogens (tertiary/aromatic N) is 1. The first-order chi connectivity index (χ1) is 9.33. The van der Waals surface area contributed by atoms with Crippen molar-refractivity contribution in [2.75, 3.05) is 5.32 Å². The van der Waals surface area contributed by atoms with Gasteiger partial charge < -0.3 is 5.32 Å². The molecule has 1 aliphatic rings. The van der Waals surface area contributed by atoms with Gasteiger partial charge in [0.05, 0.1) is 11.3 Å². The van der Waals surface area contributed by atoms with Crippen LogP contribution in [0.5, 0.6) is 0 Å². The van der Waals surface area contributed by atoms with Crippen molar-refractivity contribution in [3.8, 4) is 11.4 Å². The Bertz CT molecular complexity index is 804. The van der Waals surface area contributed by atoms with E-state index in [0.29, 0.717) is 6.54 Å². The van der Waals surface area contributed by atoms with E-state index in [1.807, 2.05) is 53.1 Å². The van der Waals surface area contributed by atoms with Crippen molar-refractivity contribution in [2.45, 2.75) is 6.54 Å². The van der Waals surface area contributed by atoms with Crippen LogP contribution >= 0.6 is 0 Å². The van der Waals surface area contributed by atoms with Crippen molar-refractivity contribution in [2.24, 2.45) is 0 Å². The van der Waals surface area contributed by atoms with Crippen LogP contribution in [0.3, 0.4) is 0 Å². The van der Waals surface area contributed by atoms with Crippen molar-refractivity contribution in [1.82, 2.24) is 4.98 Å². The second-order valence-electron chi connectivity index (χ2n) is 4.67. The average Bonchev–Trinajstić information content (AvgIpc) is 2.71. The van der Waals surface area contributed by atoms with E-state index in [4.69, 9.17) is 0 Å². The van der Waals surface area contributed by atoms with Crippen LogP contribution in [0.4, 0.5) is 5.69 Å². The zero-order valence-corrected chi connectivity index (χ0v) is 10.2. The Labute approximate surface area is 109 Å². The summed E-state index contributed by atoms with van der Waals surface area (Å²) in [6.07, 6.45) is 0. The van der Waals surface area contributed by atoms with Crippen LogP contribution in [-0.4, -0.2) is 10.9 Å². The fraction of sp³-hybridized carbons (Fsp3) is 0.0667. The SMILES string of the molecule is O=C1C[n+]2c([nH]c3ccccc32)-c2ccccc2N1. The second kappa shape index (κ2) is 3.68. The minimum Gasteiger partial charge on any atom is -0.322 e. The highest BCUT2D eigenvalue weighted by molar-refractivity contribution is 5.95. The van der Waals surface area contributed by atoms with Crippen LogP contribution in [0, 0.1) is 0 Å². The summed E-state index contributed by atoms with van der Waals surface area (Å²) in [6.45, 7) is 0.327. The number of para-hydroxylation sites is 3. The molecule has 4 nitrogen and oxygen atoms in total. The molecule has 4 rings (SSSR count). The lowest BCUT2D eigenvalue weighted by atomic mass is 10.1. The summed E-state index contributed by atoms with van der Waals surface area (Å²) in [5, 5.41) is 2.94. The van der Waals surface area contributed by atoms with Gasteiger partial charge in [-0.25, -0.2) is 9.55 Å². The molecular weight excluding hydrogens is 238 g/mol. The standard InChI is InChI=1S/C15H11N3O/c19-14-9-18-13-8-4-3-7-12(13)17-15(18)10-5-1-2-6-11(10)16-14/h1-8H,9H2,(H,16,17,19)/p+1. The van der Waals surface area contributed by atoms with Crippen LogP contribution in [0.2, 0.25) is 0 Å². The summed E-state index contributed by atoms with van der Waals surface area (Å²) in [7, 11) is 0. The molecule has 92 valence electrons. The zero-order chi connectivity index (χ0) is 12.8. The molecule has 4 heteroatoms. The van der Waals surface area contributed by atoms with Gasteiger partial charge in [0.2, 0.25) is 0 Å². The second-order valence-corrected chi connectivity index (χ2v) is 4.67. The van der Waals surface area contributed by atoms with Crippen molar-refractivity contribution in [3.05, 3.63) is 48.5 Å². The molecule has 0 aliphatic carbocycles. The van der Waals surface area contributed by atoms with Crippen molar-refractivity contribution >= 4 is 22.6 Å². The average molecular weight is 250 g/mol. The Balaban J connectivity index is 2.11. The number of nitrogens with one attached hydrogen (secondary N) is 2. The number of rotatable bonds is 0. The minimum absolute atomic E-state index is 0.000882. The number of H-pyrrole nitrogens is 1. The number of carbonyl (C=O) groups excluding carboxylic acids is 1. The summed E-state index contributed by atoms with van der Waals surface area (Å²) >= 11 is 0. The van der Waals surface area contributed by atoms with Gasteiger partial charge in [-0.3, -0.25) is 4.79 Å². The quantitative estimate of drug-likeness (QED) is 0.590. The predicted octanol–water partition coefficient (Wildman–Crippen LogP) is 2.07. The van der Waals surface area contributed by atoms with E-state index in [1.54, 1.807) is 0 Å². The normalized spacial score (nSPS) is 13.6. The molecule has 0 unspecified atom stereocenters. The Kier molecular flexibility index (Phi) is 2.00. The van der Waals surface area contributed by atoms with Gasteiger partial charge in [-0.2, -0.15) is 0 Å². The molecule has 0 radical (unpaired) electrons. The first-order valence-electron chi connectivity index (χ1n) is 6.23. The van der Waals surface area contributed by atoms with Crippen LogP contribution in [0.1, 0.15) is 0 Å². The van der Waals surface area contributed by atoms with E-state index >= 15 is 0 Å². The topological polar surface area (TPSA) is 48.8 Å². The van der Waals surface area contributed by atoms with Crippen LogP contribution in [0.15, 0.2) is 48.5 Å². The summed E-state index contributed by atoms with van der Waals surface area (Å²) < 4.78 is 2.02. The Morgan fingerprint density at radius 1 is 1.00 bits per heavy atom. The van der Waals surface area contributed by atoms with Crippen molar-refractivity contribution < 1.29 is 9.36 Å². The molecule has 3 aromatic rings. The number of fused-ring (bicyclic) bond motifs is 5. The Morgan fingerprint density at radius 3 is 2.74 bits per heavy atom. The van der Waals surface area contributed by atoms with E-state index in [9.17, 15) is 4.79 Å². The van der Waals surface area contributed by atoms with Crippen LogP contribution < -0.4 is 9.88 Å². The molecule has 0 spiro atoms. The van der Waals surface area contributed by atoms with Gasteiger partial charge in [-0.1, -0.05) is 24.3 Å². The summed E-state index contributed by atoms with van der Waals surface area (Å²) in [6, 6.07) is 15.9. The van der Waals surface area contributed by atoms with Gasteiger partial charge in [0.1, 0.15) is 0 Å². The highest BCUT2D eigenvalue weighted by atomic mass is 16.2. The Hall–Kier alpha value is -2.62. The summed E-state index contributed by atoms with van der Waals surface area (Å²) in [5.74, 6) is 0.969. The molecule has 2 aromatic carbocycles. The van der Waals surface area contributed by atoms with E-state index in [-0.39, 0.29) is 5.91 Å². The third-order valence-electron chi connectivity index (χ3n) is 3.48. The monoisotopic (exact) mass is 250 g/mol. The molecule has 0 saturated heterocycles. The summed E-state index contributed by atoms with van der Waals surface area (Å²) in [5.41, 5.74) is 3.96. The maximum Gasteiger partial charge on any atom is 0.290 e. The number of hydrogen-bond donors (Lipinski definition) is 2. The van der Waals surface area contributed by atoms with Crippen LogP contribution in [-0.2, 0) is 11.3 Å². The van der Waals surface area contributed by atoms with Crippen molar-refractivity contribution in [3.63, 3.8) is 0 Å². The maximum absolute atomic E-state index is 12.0. The Morgan fingerprint density at radius 2 is 1.79 bits per heavy atom. The highest BCUT2D eigenvalue weighted by Gasteiger charge is 2.27. The third kappa shape index (κ3) is 1.46. The molecule has 0 saturated carbocycles. The fourth-order valence-corrected chi connectivity index (χ4v) is 2.64. The van der Waals surface area contributed by atoms with E-state index in [0.717, 1.165) is 28.1 Å². The molecule has 2 heterocycles. The van der Waals surface area contributed by atoms with E-state index in [2.05, 4.69) is 10.3 Å². The minimum atomic E-state index is 0.000882. The van der Waals surface area contributed by atoms with Gasteiger partial charge in [0.15, 0.2) is 17.6 Å². The predicted molar refractivity (Wildman–Crippen MR) is 72.6 cm³/mol. The van der Waals surface area contributed by atoms with Gasteiger partial charge in [-0.05, 0) is 24.3 Å². The number of anilines is 1. The lowest BCUT2D eigenvalue weighted by molar-refractivity contribution is -0.646. The molecule has 1 amide bonds. The molecule has 1 aromatic heterocycles. The van der Waals surface area contributed by atoms with Gasteiger partial charge in [0.25, 0.3) is 11.7 Å². The number of amides is 1. The van der Waals surface area contributed by atoms with Gasteiger partial charge in [0, 0.05) is 0 Å². The molecule has 0 atom stereocenters. The smallest absolute Gasteiger partial charge is 0.290 e. The number of benzene rings is 2. The number of aromatic amines is 1. The number of imidazole rings is 1. The van der Waals surface area contributed by atoms with Gasteiger partial charge >= 0.3 is 0 Å². The number of carbonyl (C=O) groups is 1. The molecule has 2 N–H and O–H groups in total. The fourth-order valence-electron chi connectivity index (χ4n) is 2.64. The molecule has 1 aliphatic heterocycles. The van der Waals surface area contributed by atoms with E-state index < -0.39 is 0 Å². The van der Waals surface area contributed by atoms with Gasteiger partial charge in [-0.15, -0.1) is 0 Å². The lowest BCUT2D eigenvalue weighted by Crippen LogP contribution is -2.39. The molecule has 0 bridgehead atoms. The summed E-state index contributed by atoms with van der Waals surface area (Å²) in [4.78, 5) is 15.4. The maximum atomic E-state index is 12.0.